The summed E-state index contributed by atoms with van der Waals surface area (Å²) in [6, 6.07) is 9.09. The van der Waals surface area contributed by atoms with Gasteiger partial charge in [0.2, 0.25) is 5.78 Å². The highest BCUT2D eigenvalue weighted by Crippen LogP contribution is 2.15. The Kier molecular flexibility index (Phi) is 4.26. The van der Waals surface area contributed by atoms with Gasteiger partial charge >= 0.3 is 5.97 Å². The summed E-state index contributed by atoms with van der Waals surface area (Å²) in [5.41, 5.74) is 2.91. The minimum Gasteiger partial charge on any atom is -0.450 e. The molecule has 0 aliphatic rings. The largest absolute Gasteiger partial charge is 0.450 e. The Morgan fingerprint density at radius 3 is 2.52 bits per heavy atom. The third-order valence-electron chi connectivity index (χ3n) is 3.46. The van der Waals surface area contributed by atoms with Crippen LogP contribution in [0.15, 0.2) is 36.5 Å². The van der Waals surface area contributed by atoms with Crippen molar-refractivity contribution < 1.29 is 14.3 Å². The van der Waals surface area contributed by atoms with Gasteiger partial charge in [-0.1, -0.05) is 17.7 Å². The number of nitrogens with zero attached hydrogens (tertiary/aromatic N) is 1. The summed E-state index contributed by atoms with van der Waals surface area (Å²) in [6.45, 7) is 5.40. The average Bonchev–Trinajstić information content (AvgIpc) is 2.87. The van der Waals surface area contributed by atoms with Gasteiger partial charge in [-0.3, -0.25) is 4.79 Å². The number of aryl methyl sites for hydroxylation is 3. The molecule has 0 fully saturated rings. The van der Waals surface area contributed by atoms with Crippen LogP contribution in [0.2, 0.25) is 0 Å². The number of hydrogen-bond donors (Lipinski definition) is 0. The fourth-order valence-corrected chi connectivity index (χ4v) is 2.17. The van der Waals surface area contributed by atoms with E-state index in [1.165, 1.54) is 0 Å². The van der Waals surface area contributed by atoms with Gasteiger partial charge in [0.25, 0.3) is 0 Å². The Balaban J connectivity index is 2.15. The second-order valence-corrected chi connectivity index (χ2v) is 5.23. The number of aromatic nitrogens is 1. The van der Waals surface area contributed by atoms with Crippen LogP contribution in [0.1, 0.15) is 38.9 Å². The maximum absolute atomic E-state index is 12.4. The Morgan fingerprint density at radius 1 is 1.19 bits per heavy atom. The Bertz CT molecular complexity index is 685. The van der Waals surface area contributed by atoms with E-state index in [2.05, 4.69) is 0 Å². The molecule has 110 valence electrons. The van der Waals surface area contributed by atoms with Crippen molar-refractivity contribution in [1.82, 2.24) is 4.57 Å². The number of rotatable bonds is 4. The molecule has 0 aliphatic heterocycles. The molecule has 2 aromatic rings. The summed E-state index contributed by atoms with van der Waals surface area (Å²) >= 11 is 0. The highest BCUT2D eigenvalue weighted by atomic mass is 16.5. The predicted molar refractivity (Wildman–Crippen MR) is 80.5 cm³/mol. The van der Waals surface area contributed by atoms with Crippen LogP contribution in [0, 0.1) is 13.8 Å². The van der Waals surface area contributed by atoms with Crippen molar-refractivity contribution in [3.8, 4) is 0 Å². The first-order valence-corrected chi connectivity index (χ1v) is 6.84. The molecule has 0 radical (unpaired) electrons. The van der Waals surface area contributed by atoms with Crippen molar-refractivity contribution in [1.29, 1.82) is 0 Å². The van der Waals surface area contributed by atoms with Gasteiger partial charge in [-0.15, -0.1) is 0 Å². The molecule has 4 nitrogen and oxygen atoms in total. The number of Topliss-reactive ketones (excluding diaryl/α,β-unsaturated/α-hetero) is 1. The van der Waals surface area contributed by atoms with Gasteiger partial charge in [-0.2, -0.15) is 0 Å². The first-order chi connectivity index (χ1) is 9.90. The van der Waals surface area contributed by atoms with Crippen molar-refractivity contribution in [3.05, 3.63) is 58.9 Å². The number of esters is 1. The molecule has 0 saturated carbocycles. The zero-order valence-electron chi connectivity index (χ0n) is 12.7. The van der Waals surface area contributed by atoms with Crippen molar-refractivity contribution >= 4 is 11.8 Å². The van der Waals surface area contributed by atoms with Crippen LogP contribution >= 0.6 is 0 Å². The van der Waals surface area contributed by atoms with Gasteiger partial charge in [-0.05, 0) is 44.5 Å². The number of ketones is 1. The quantitative estimate of drug-likeness (QED) is 0.640. The Labute approximate surface area is 124 Å². The van der Waals surface area contributed by atoms with Gasteiger partial charge in [0, 0.05) is 18.8 Å². The van der Waals surface area contributed by atoms with E-state index in [1.54, 1.807) is 36.9 Å². The summed E-state index contributed by atoms with van der Waals surface area (Å²) in [5.74, 6) is -0.674. The minimum atomic E-state index is -0.812. The normalized spacial score (nSPS) is 12.0. The molecule has 2 rings (SSSR count). The molecule has 1 atom stereocenters. The maximum Gasteiger partial charge on any atom is 0.355 e. The molecule has 0 aliphatic carbocycles. The second kappa shape index (κ2) is 5.95. The molecule has 0 unspecified atom stereocenters. The molecular weight excluding hydrogens is 266 g/mol. The SMILES string of the molecule is Cc1ccc(C)c(C(=O)[C@@H](C)OC(=O)c2cccn2C)c1. The van der Waals surface area contributed by atoms with E-state index in [9.17, 15) is 9.59 Å². The zero-order chi connectivity index (χ0) is 15.6. The molecule has 0 bridgehead atoms. The molecule has 1 aromatic heterocycles. The van der Waals surface area contributed by atoms with E-state index in [1.807, 2.05) is 32.0 Å². The molecule has 0 amide bonds. The number of benzene rings is 1. The van der Waals surface area contributed by atoms with Crippen molar-refractivity contribution in [2.45, 2.75) is 26.9 Å². The maximum atomic E-state index is 12.4. The first kappa shape index (κ1) is 15.0. The van der Waals surface area contributed by atoms with Crippen LogP contribution in [0.25, 0.3) is 0 Å². The highest BCUT2D eigenvalue weighted by Gasteiger charge is 2.22. The molecule has 1 heterocycles. The summed E-state index contributed by atoms with van der Waals surface area (Å²) in [4.78, 5) is 24.5. The fourth-order valence-electron chi connectivity index (χ4n) is 2.17. The number of carbonyl (C=O) groups is 2. The Morgan fingerprint density at radius 2 is 1.90 bits per heavy atom. The van der Waals surface area contributed by atoms with Crippen molar-refractivity contribution in [3.63, 3.8) is 0 Å². The molecule has 21 heavy (non-hydrogen) atoms. The van der Waals surface area contributed by atoms with Gasteiger partial charge in [-0.25, -0.2) is 4.79 Å². The van der Waals surface area contributed by atoms with E-state index < -0.39 is 12.1 Å². The van der Waals surface area contributed by atoms with Crippen LogP contribution in [0.4, 0.5) is 0 Å². The second-order valence-electron chi connectivity index (χ2n) is 5.23. The fraction of sp³-hybridized carbons (Fsp3) is 0.294. The lowest BCUT2D eigenvalue weighted by atomic mass is 9.99. The predicted octanol–water partition coefficient (Wildman–Crippen LogP) is 3.07. The van der Waals surface area contributed by atoms with E-state index in [0.717, 1.165) is 11.1 Å². The lowest BCUT2D eigenvalue weighted by molar-refractivity contribution is 0.0309. The summed E-state index contributed by atoms with van der Waals surface area (Å²) in [5, 5.41) is 0. The molecule has 1 aromatic carbocycles. The topological polar surface area (TPSA) is 48.3 Å². The lowest BCUT2D eigenvalue weighted by Gasteiger charge is -2.14. The van der Waals surface area contributed by atoms with E-state index in [-0.39, 0.29) is 5.78 Å². The molecular formula is C17H19NO3. The van der Waals surface area contributed by atoms with Crippen LogP contribution in [0.3, 0.4) is 0 Å². The number of hydrogen-bond acceptors (Lipinski definition) is 3. The summed E-state index contributed by atoms with van der Waals surface area (Å²) in [7, 11) is 1.76. The minimum absolute atomic E-state index is 0.182. The van der Waals surface area contributed by atoms with Crippen molar-refractivity contribution in [2.75, 3.05) is 0 Å². The van der Waals surface area contributed by atoms with E-state index in [4.69, 9.17) is 4.74 Å². The van der Waals surface area contributed by atoms with Gasteiger partial charge in [0.05, 0.1) is 0 Å². The van der Waals surface area contributed by atoms with Crippen LogP contribution in [0.5, 0.6) is 0 Å². The molecule has 0 saturated heterocycles. The van der Waals surface area contributed by atoms with E-state index >= 15 is 0 Å². The summed E-state index contributed by atoms with van der Waals surface area (Å²) < 4.78 is 6.94. The van der Waals surface area contributed by atoms with E-state index in [0.29, 0.717) is 11.3 Å². The molecule has 4 heteroatoms. The highest BCUT2D eigenvalue weighted by molar-refractivity contribution is 6.02. The monoisotopic (exact) mass is 285 g/mol. The van der Waals surface area contributed by atoms with Crippen LogP contribution in [-0.2, 0) is 11.8 Å². The standard InChI is InChI=1S/C17H19NO3/c1-11-7-8-12(2)14(10-11)16(19)13(3)21-17(20)15-6-5-9-18(15)4/h5-10,13H,1-4H3/t13-/m1/s1. The Hall–Kier alpha value is -2.36. The molecule has 0 N–H and O–H groups in total. The van der Waals surface area contributed by atoms with Gasteiger partial charge < -0.3 is 9.30 Å². The molecule has 0 spiro atoms. The lowest BCUT2D eigenvalue weighted by Crippen LogP contribution is -2.26. The van der Waals surface area contributed by atoms with Gasteiger partial charge in [0.1, 0.15) is 5.69 Å². The third-order valence-corrected chi connectivity index (χ3v) is 3.46. The number of carbonyl (C=O) groups excluding carboxylic acids is 2. The third kappa shape index (κ3) is 3.21. The van der Waals surface area contributed by atoms with Crippen molar-refractivity contribution in [2.24, 2.45) is 7.05 Å². The van der Waals surface area contributed by atoms with Crippen LogP contribution in [-0.4, -0.2) is 22.4 Å². The average molecular weight is 285 g/mol. The first-order valence-electron chi connectivity index (χ1n) is 6.84. The zero-order valence-corrected chi connectivity index (χ0v) is 12.7. The smallest absolute Gasteiger partial charge is 0.355 e. The number of ether oxygens (including phenoxy) is 1. The summed E-state index contributed by atoms with van der Waals surface area (Å²) in [6.07, 6.45) is 0.946. The van der Waals surface area contributed by atoms with Crippen LogP contribution < -0.4 is 0 Å². The van der Waals surface area contributed by atoms with Gasteiger partial charge in [0.15, 0.2) is 6.10 Å².